The maximum Gasteiger partial charge on any atom is 0.0169 e. The van der Waals surface area contributed by atoms with Gasteiger partial charge in [0.2, 0.25) is 0 Å². The Labute approximate surface area is 197 Å². The molecule has 0 aliphatic carbocycles. The maximum absolute atomic E-state index is 2.48. The van der Waals surface area contributed by atoms with E-state index in [1.54, 1.807) is 0 Å². The van der Waals surface area contributed by atoms with Gasteiger partial charge in [-0.1, -0.05) is 36.4 Å². The smallest absolute Gasteiger partial charge is 0.0169 e. The molecule has 3 rings (SSSR count). The lowest BCUT2D eigenvalue weighted by Gasteiger charge is -2.12. The zero-order chi connectivity index (χ0) is 17.1. The van der Waals surface area contributed by atoms with Crippen LogP contribution in [0.15, 0.2) is 60.7 Å². The molecule has 0 unspecified atom stereocenters. The maximum atomic E-state index is 2.48. The molecule has 0 fully saturated rings. The van der Waals surface area contributed by atoms with Crippen LogP contribution in [0.1, 0.15) is 22.3 Å². The molecule has 0 nitrogen and oxygen atoms in total. The molecule has 0 saturated heterocycles. The Bertz CT molecular complexity index is 798. The summed E-state index contributed by atoms with van der Waals surface area (Å²) in [6.45, 7) is 0. The second kappa shape index (κ2) is 8.98. The van der Waals surface area contributed by atoms with Crippen molar-refractivity contribution in [3.8, 4) is 0 Å². The molecule has 0 N–H and O–H groups in total. The Morgan fingerprint density at radius 2 is 0.833 bits per heavy atom. The highest BCUT2D eigenvalue weighted by molar-refractivity contribution is 14.1. The summed E-state index contributed by atoms with van der Waals surface area (Å²) in [5.41, 5.74) is 5.63. The molecule has 0 bridgehead atoms. The van der Waals surface area contributed by atoms with Crippen LogP contribution in [0, 0.1) is 14.3 Å². The Balaban J connectivity index is 1.89. The van der Waals surface area contributed by atoms with Gasteiger partial charge in [-0.2, -0.15) is 0 Å². The van der Waals surface area contributed by atoms with Crippen molar-refractivity contribution in [1.29, 1.82) is 0 Å². The van der Waals surface area contributed by atoms with Crippen molar-refractivity contribution in [3.05, 3.63) is 97.2 Å². The summed E-state index contributed by atoms with van der Waals surface area (Å²) in [7, 11) is 0. The highest BCUT2D eigenvalue weighted by atomic mass is 127. The number of rotatable bonds is 4. The first kappa shape index (κ1) is 19.3. The molecule has 0 amide bonds. The second-order valence-corrected chi connectivity index (χ2v) is 10.2. The van der Waals surface area contributed by atoms with Crippen LogP contribution >= 0.6 is 90.4 Å². The average Bonchev–Trinajstić information content (AvgIpc) is 2.56. The van der Waals surface area contributed by atoms with Gasteiger partial charge in [-0.05, 0) is 150 Å². The molecule has 4 heteroatoms. The monoisotopic (exact) mass is 762 g/mol. The van der Waals surface area contributed by atoms with Gasteiger partial charge < -0.3 is 0 Å². The molecular formula is C20H14I4. The fraction of sp³-hybridized carbons (Fsp3) is 0.100. The van der Waals surface area contributed by atoms with Crippen molar-refractivity contribution in [2.24, 2.45) is 0 Å². The van der Waals surface area contributed by atoms with E-state index in [-0.39, 0.29) is 0 Å². The molecule has 0 radical (unpaired) electrons. The summed E-state index contributed by atoms with van der Waals surface area (Å²) in [4.78, 5) is 0. The van der Waals surface area contributed by atoms with Gasteiger partial charge in [-0.3, -0.25) is 0 Å². The zero-order valence-corrected chi connectivity index (χ0v) is 21.3. The predicted molar refractivity (Wildman–Crippen MR) is 136 cm³/mol. The largest absolute Gasteiger partial charge is 0.0619 e. The first-order valence-corrected chi connectivity index (χ1v) is 11.8. The van der Waals surface area contributed by atoms with Gasteiger partial charge in [-0.15, -0.1) is 0 Å². The fourth-order valence-electron chi connectivity index (χ4n) is 2.59. The minimum atomic E-state index is 0.997. The van der Waals surface area contributed by atoms with E-state index >= 15 is 0 Å². The van der Waals surface area contributed by atoms with E-state index in [1.165, 1.54) is 36.5 Å². The topological polar surface area (TPSA) is 0 Å². The molecule has 0 aliphatic heterocycles. The number of halogens is 4. The van der Waals surface area contributed by atoms with Gasteiger partial charge in [0.05, 0.1) is 0 Å². The third kappa shape index (κ3) is 4.85. The molecule has 3 aromatic rings. The highest BCUT2D eigenvalue weighted by Gasteiger charge is 2.10. The van der Waals surface area contributed by atoms with Crippen molar-refractivity contribution < 1.29 is 0 Å². The lowest BCUT2D eigenvalue weighted by atomic mass is 10.0. The quantitative estimate of drug-likeness (QED) is 0.246. The molecule has 0 spiro atoms. The van der Waals surface area contributed by atoms with Gasteiger partial charge in [-0.25, -0.2) is 0 Å². The van der Waals surface area contributed by atoms with Gasteiger partial charge in [0, 0.05) is 14.3 Å². The van der Waals surface area contributed by atoms with Crippen LogP contribution in [-0.4, -0.2) is 0 Å². The predicted octanol–water partition coefficient (Wildman–Crippen LogP) is 7.29. The van der Waals surface area contributed by atoms with Crippen molar-refractivity contribution in [2.75, 3.05) is 0 Å². The van der Waals surface area contributed by atoms with Gasteiger partial charge in [0.1, 0.15) is 0 Å². The summed E-state index contributed by atoms with van der Waals surface area (Å²) in [6, 6.07) is 22.0. The van der Waals surface area contributed by atoms with Crippen molar-refractivity contribution in [1.82, 2.24) is 0 Å². The number of hydrogen-bond donors (Lipinski definition) is 0. The molecule has 0 heterocycles. The van der Waals surface area contributed by atoms with Crippen LogP contribution in [0.3, 0.4) is 0 Å². The minimum absolute atomic E-state index is 0.997. The molecule has 3 aromatic carbocycles. The van der Waals surface area contributed by atoms with E-state index in [0.29, 0.717) is 0 Å². The molecule has 24 heavy (non-hydrogen) atoms. The Morgan fingerprint density at radius 3 is 1.21 bits per heavy atom. The van der Waals surface area contributed by atoms with Crippen molar-refractivity contribution in [2.45, 2.75) is 12.8 Å². The summed E-state index contributed by atoms with van der Waals surface area (Å²) < 4.78 is 5.38. The first-order chi connectivity index (χ1) is 11.5. The van der Waals surface area contributed by atoms with E-state index in [9.17, 15) is 0 Å². The normalized spacial score (nSPS) is 10.8. The van der Waals surface area contributed by atoms with Gasteiger partial charge in [0.15, 0.2) is 0 Å². The fourth-order valence-corrected chi connectivity index (χ4v) is 5.19. The third-order valence-corrected chi connectivity index (χ3v) is 8.01. The number of hydrogen-bond acceptors (Lipinski definition) is 0. The summed E-state index contributed by atoms with van der Waals surface area (Å²) in [6.07, 6.45) is 1.99. The molecule has 122 valence electrons. The van der Waals surface area contributed by atoms with Crippen LogP contribution < -0.4 is 0 Å². The minimum Gasteiger partial charge on any atom is -0.0619 e. The lowest BCUT2D eigenvalue weighted by molar-refractivity contribution is 1.11. The van der Waals surface area contributed by atoms with E-state index in [0.717, 1.165) is 12.8 Å². The van der Waals surface area contributed by atoms with E-state index in [2.05, 4.69) is 151 Å². The molecule has 0 saturated carbocycles. The Hall–Kier alpha value is 0.580. The molecule has 0 aromatic heterocycles. The van der Waals surface area contributed by atoms with Crippen LogP contribution in [-0.2, 0) is 12.8 Å². The molecule has 0 atom stereocenters. The molecule has 0 aliphatic rings. The lowest BCUT2D eigenvalue weighted by Crippen LogP contribution is -2.00. The highest BCUT2D eigenvalue weighted by Crippen LogP contribution is 2.27. The Morgan fingerprint density at radius 1 is 0.458 bits per heavy atom. The van der Waals surface area contributed by atoms with Crippen molar-refractivity contribution >= 4 is 90.4 Å². The van der Waals surface area contributed by atoms with Crippen molar-refractivity contribution in [3.63, 3.8) is 0 Å². The third-order valence-electron chi connectivity index (χ3n) is 3.89. The number of benzene rings is 3. The van der Waals surface area contributed by atoms with Gasteiger partial charge >= 0.3 is 0 Å². The summed E-state index contributed by atoms with van der Waals surface area (Å²) >= 11 is 9.83. The van der Waals surface area contributed by atoms with Gasteiger partial charge in [0.25, 0.3) is 0 Å². The SMILES string of the molecule is Ic1ccccc1Cc1cc(I)c(Cc2ccccc2I)cc1I. The van der Waals surface area contributed by atoms with Crippen LogP contribution in [0.25, 0.3) is 0 Å². The van der Waals surface area contributed by atoms with Crippen LogP contribution in [0.4, 0.5) is 0 Å². The van der Waals surface area contributed by atoms with E-state index < -0.39 is 0 Å². The zero-order valence-electron chi connectivity index (χ0n) is 12.7. The standard InChI is InChI=1S/C20H14I4/c21-17-7-3-1-5-13(17)9-15-11-20(24)16(12-19(15)23)10-14-6-2-4-8-18(14)22/h1-8,11-12H,9-10H2. The van der Waals surface area contributed by atoms with Crippen LogP contribution in [0.2, 0.25) is 0 Å². The van der Waals surface area contributed by atoms with Crippen LogP contribution in [0.5, 0.6) is 0 Å². The first-order valence-electron chi connectivity index (χ1n) is 7.48. The Kier molecular flexibility index (Phi) is 7.24. The van der Waals surface area contributed by atoms with E-state index in [4.69, 9.17) is 0 Å². The van der Waals surface area contributed by atoms with E-state index in [1.807, 2.05) is 0 Å². The average molecular weight is 762 g/mol. The second-order valence-electron chi connectivity index (χ2n) is 5.57. The summed E-state index contributed by atoms with van der Waals surface area (Å²) in [5.74, 6) is 0. The molecular weight excluding hydrogens is 748 g/mol. The summed E-state index contributed by atoms with van der Waals surface area (Å²) in [5, 5.41) is 0.